The summed E-state index contributed by atoms with van der Waals surface area (Å²) in [5.41, 5.74) is 7.35. The van der Waals surface area contributed by atoms with Crippen molar-refractivity contribution >= 4 is 23.2 Å². The molecule has 0 bridgehead atoms. The van der Waals surface area contributed by atoms with E-state index in [1.54, 1.807) is 0 Å². The van der Waals surface area contributed by atoms with Gasteiger partial charge >= 0.3 is 0 Å². The summed E-state index contributed by atoms with van der Waals surface area (Å²) in [6.45, 7) is 8.37. The van der Waals surface area contributed by atoms with Gasteiger partial charge in [-0.25, -0.2) is 0 Å². The van der Waals surface area contributed by atoms with Gasteiger partial charge in [-0.3, -0.25) is 9.69 Å². The molecule has 144 valence electrons. The van der Waals surface area contributed by atoms with Crippen molar-refractivity contribution < 1.29 is 4.79 Å². The molecule has 0 radical (unpaired) electrons. The molecule has 2 atom stereocenters. The minimum atomic E-state index is -0.0539. The summed E-state index contributed by atoms with van der Waals surface area (Å²) >= 11 is 6.35. The standard InChI is InChI=1S/C20H31ClN4O/c1-3-23(4-2)20(26)19-13-15(22)14-25(19)16-9-11-24(12-10-16)18-8-6-5-7-17(18)21/h5-8,15-16,19H,3-4,9-14,22H2,1-2H3/t15-,19+/m1/s1. The smallest absolute Gasteiger partial charge is 0.239 e. The molecule has 2 heterocycles. The van der Waals surface area contributed by atoms with Gasteiger partial charge in [0.1, 0.15) is 0 Å². The van der Waals surface area contributed by atoms with Crippen LogP contribution in [0.2, 0.25) is 5.02 Å². The number of para-hydroxylation sites is 1. The second-order valence-corrected chi connectivity index (χ2v) is 7.80. The van der Waals surface area contributed by atoms with Crippen LogP contribution in [0.5, 0.6) is 0 Å². The van der Waals surface area contributed by atoms with Crippen molar-refractivity contribution in [3.63, 3.8) is 0 Å². The monoisotopic (exact) mass is 378 g/mol. The van der Waals surface area contributed by atoms with Crippen LogP contribution in [0.1, 0.15) is 33.1 Å². The number of rotatable bonds is 5. The minimum absolute atomic E-state index is 0.0539. The van der Waals surface area contributed by atoms with Crippen molar-refractivity contribution in [2.24, 2.45) is 5.73 Å². The minimum Gasteiger partial charge on any atom is -0.370 e. The summed E-state index contributed by atoms with van der Waals surface area (Å²) < 4.78 is 0. The number of likely N-dealkylation sites (tertiary alicyclic amines) is 1. The highest BCUT2D eigenvalue weighted by atomic mass is 35.5. The van der Waals surface area contributed by atoms with Gasteiger partial charge in [-0.2, -0.15) is 0 Å². The van der Waals surface area contributed by atoms with Crippen LogP contribution >= 0.6 is 11.6 Å². The molecule has 2 aliphatic heterocycles. The molecular weight excluding hydrogens is 348 g/mol. The predicted octanol–water partition coefficient (Wildman–Crippen LogP) is 2.58. The van der Waals surface area contributed by atoms with Crippen molar-refractivity contribution in [2.75, 3.05) is 37.6 Å². The number of carbonyl (C=O) groups is 1. The number of nitrogens with zero attached hydrogens (tertiary/aromatic N) is 3. The molecule has 2 saturated heterocycles. The third-order valence-electron chi connectivity index (χ3n) is 5.86. The van der Waals surface area contributed by atoms with Crippen LogP contribution in [0.3, 0.4) is 0 Å². The zero-order valence-corrected chi connectivity index (χ0v) is 16.7. The zero-order valence-electron chi connectivity index (χ0n) is 15.9. The average Bonchev–Trinajstić information content (AvgIpc) is 3.05. The van der Waals surface area contributed by atoms with Gasteiger partial charge in [0, 0.05) is 44.8 Å². The van der Waals surface area contributed by atoms with E-state index in [1.807, 2.05) is 36.9 Å². The highest BCUT2D eigenvalue weighted by Gasteiger charge is 2.41. The van der Waals surface area contributed by atoms with E-state index in [0.717, 1.165) is 62.7 Å². The lowest BCUT2D eigenvalue weighted by molar-refractivity contribution is -0.136. The second-order valence-electron chi connectivity index (χ2n) is 7.39. The van der Waals surface area contributed by atoms with E-state index in [2.05, 4.69) is 15.9 Å². The number of anilines is 1. The van der Waals surface area contributed by atoms with Gasteiger partial charge in [-0.15, -0.1) is 0 Å². The number of carbonyl (C=O) groups excluding carboxylic acids is 1. The average molecular weight is 379 g/mol. The van der Waals surface area contributed by atoms with E-state index in [-0.39, 0.29) is 18.0 Å². The van der Waals surface area contributed by atoms with E-state index in [0.29, 0.717) is 6.04 Å². The maximum absolute atomic E-state index is 12.9. The van der Waals surface area contributed by atoms with Gasteiger partial charge in [0.05, 0.1) is 16.8 Å². The van der Waals surface area contributed by atoms with E-state index in [9.17, 15) is 4.79 Å². The Kier molecular flexibility index (Phi) is 6.43. The lowest BCUT2D eigenvalue weighted by Crippen LogP contribution is -2.52. The van der Waals surface area contributed by atoms with Crippen LogP contribution < -0.4 is 10.6 Å². The fraction of sp³-hybridized carbons (Fsp3) is 0.650. The molecule has 1 aromatic carbocycles. The zero-order chi connectivity index (χ0) is 18.7. The van der Waals surface area contributed by atoms with Crippen LogP contribution in [0.25, 0.3) is 0 Å². The molecule has 0 aliphatic carbocycles. The second kappa shape index (κ2) is 8.59. The molecule has 0 spiro atoms. The van der Waals surface area contributed by atoms with Gasteiger partial charge in [-0.1, -0.05) is 23.7 Å². The maximum Gasteiger partial charge on any atom is 0.239 e. The van der Waals surface area contributed by atoms with E-state index >= 15 is 0 Å². The van der Waals surface area contributed by atoms with E-state index < -0.39 is 0 Å². The van der Waals surface area contributed by atoms with E-state index in [1.165, 1.54) is 0 Å². The first-order valence-corrected chi connectivity index (χ1v) is 10.2. The molecule has 0 aromatic heterocycles. The molecule has 1 amide bonds. The fourth-order valence-corrected chi connectivity index (χ4v) is 4.69. The normalized spacial score (nSPS) is 24.8. The topological polar surface area (TPSA) is 52.8 Å². The predicted molar refractivity (Wildman–Crippen MR) is 108 cm³/mol. The Balaban J connectivity index is 1.65. The summed E-state index contributed by atoms with van der Waals surface area (Å²) in [5, 5.41) is 0.809. The van der Waals surface area contributed by atoms with Crippen molar-refractivity contribution in [2.45, 2.75) is 51.2 Å². The lowest BCUT2D eigenvalue weighted by atomic mass is 10.0. The van der Waals surface area contributed by atoms with Gasteiger partial charge in [0.25, 0.3) is 0 Å². The molecule has 0 saturated carbocycles. The molecule has 2 fully saturated rings. The number of amides is 1. The first kappa shape index (κ1) is 19.5. The van der Waals surface area contributed by atoms with Crippen molar-refractivity contribution in [3.8, 4) is 0 Å². The Bertz CT molecular complexity index is 614. The van der Waals surface area contributed by atoms with Gasteiger partial charge in [-0.05, 0) is 45.2 Å². The Morgan fingerprint density at radius 3 is 2.50 bits per heavy atom. The molecule has 5 nitrogen and oxygen atoms in total. The van der Waals surface area contributed by atoms with Crippen LogP contribution in [-0.2, 0) is 4.79 Å². The van der Waals surface area contributed by atoms with Crippen molar-refractivity contribution in [3.05, 3.63) is 29.3 Å². The number of nitrogens with two attached hydrogens (primary N) is 1. The van der Waals surface area contributed by atoms with Gasteiger partial charge in [0.15, 0.2) is 0 Å². The molecule has 2 aliphatic rings. The molecular formula is C20H31ClN4O. The number of piperidine rings is 1. The number of benzene rings is 1. The molecule has 6 heteroatoms. The number of hydrogen-bond acceptors (Lipinski definition) is 4. The Morgan fingerprint density at radius 2 is 1.88 bits per heavy atom. The number of likely N-dealkylation sites (N-methyl/N-ethyl adjacent to an activating group) is 1. The summed E-state index contributed by atoms with van der Waals surface area (Å²) in [7, 11) is 0. The summed E-state index contributed by atoms with van der Waals surface area (Å²) in [6, 6.07) is 8.50. The van der Waals surface area contributed by atoms with Crippen LogP contribution in [0.4, 0.5) is 5.69 Å². The Morgan fingerprint density at radius 1 is 1.23 bits per heavy atom. The molecule has 2 N–H and O–H groups in total. The lowest BCUT2D eigenvalue weighted by Gasteiger charge is -2.40. The highest BCUT2D eigenvalue weighted by Crippen LogP contribution is 2.31. The SMILES string of the molecule is CCN(CC)C(=O)[C@@H]1C[C@@H](N)CN1C1CCN(c2ccccc2Cl)CC1. The Hall–Kier alpha value is -1.30. The molecule has 3 rings (SSSR count). The largest absolute Gasteiger partial charge is 0.370 e. The Labute approximate surface area is 162 Å². The molecule has 0 unspecified atom stereocenters. The van der Waals surface area contributed by atoms with Crippen LogP contribution in [-0.4, -0.2) is 66.6 Å². The van der Waals surface area contributed by atoms with Gasteiger partial charge in [0.2, 0.25) is 5.91 Å². The van der Waals surface area contributed by atoms with Gasteiger partial charge < -0.3 is 15.5 Å². The molecule has 1 aromatic rings. The quantitative estimate of drug-likeness (QED) is 0.855. The third kappa shape index (κ3) is 4.00. The van der Waals surface area contributed by atoms with E-state index in [4.69, 9.17) is 17.3 Å². The maximum atomic E-state index is 12.9. The number of hydrogen-bond donors (Lipinski definition) is 1. The first-order chi connectivity index (χ1) is 12.5. The summed E-state index contributed by atoms with van der Waals surface area (Å²) in [6.07, 6.45) is 2.86. The fourth-order valence-electron chi connectivity index (χ4n) is 4.43. The number of halogens is 1. The third-order valence-corrected chi connectivity index (χ3v) is 6.18. The van der Waals surface area contributed by atoms with Crippen LogP contribution in [0, 0.1) is 0 Å². The van der Waals surface area contributed by atoms with Crippen LogP contribution in [0.15, 0.2) is 24.3 Å². The van der Waals surface area contributed by atoms with Crippen molar-refractivity contribution in [1.82, 2.24) is 9.80 Å². The molecule has 26 heavy (non-hydrogen) atoms. The summed E-state index contributed by atoms with van der Waals surface area (Å²) in [4.78, 5) is 19.6. The first-order valence-electron chi connectivity index (χ1n) is 9.84. The van der Waals surface area contributed by atoms with Crippen molar-refractivity contribution in [1.29, 1.82) is 0 Å². The highest BCUT2D eigenvalue weighted by molar-refractivity contribution is 6.33. The summed E-state index contributed by atoms with van der Waals surface area (Å²) in [5.74, 6) is 0.247.